The van der Waals surface area contributed by atoms with Gasteiger partial charge in [-0.25, -0.2) is 14.2 Å². The smallest absolute Gasteiger partial charge is 0.338 e. The number of benzene rings is 3. The molecule has 1 atom stereocenters. The van der Waals surface area contributed by atoms with Crippen LogP contribution in [0.15, 0.2) is 98.5 Å². The highest BCUT2D eigenvalue weighted by molar-refractivity contribution is 9.10. The second kappa shape index (κ2) is 12.9. The standard InChI is InChI=1S/C34H28BrFN4O5S/c1-4-45-33(43)30-19(2)37-34-40(31(30)20-9-14-27(44-3)25(35)15-20)32(42)28(46-34)16-21-17-39(26-8-6-5-7-24(21)26)18-29(41)38-23-12-10-22(36)11-13-23/h5-17,31H,4,18H2,1-3H3,(H,38,41)/b28-16+/t31-/m0/s1. The molecule has 3 aromatic carbocycles. The number of halogens is 2. The maximum atomic E-state index is 14.2. The minimum atomic E-state index is -0.781. The van der Waals surface area contributed by atoms with Crippen molar-refractivity contribution in [3.05, 3.63) is 125 Å². The van der Waals surface area contributed by atoms with Gasteiger partial charge in [-0.05, 0) is 83.9 Å². The van der Waals surface area contributed by atoms with Gasteiger partial charge < -0.3 is 19.4 Å². The van der Waals surface area contributed by atoms with E-state index < -0.39 is 12.0 Å². The van der Waals surface area contributed by atoms with Crippen LogP contribution in [0.5, 0.6) is 5.75 Å². The van der Waals surface area contributed by atoms with Crippen LogP contribution >= 0.6 is 27.3 Å². The molecular formula is C34H28BrFN4O5S. The Morgan fingerprint density at radius 1 is 1.13 bits per heavy atom. The second-order valence-corrected chi connectivity index (χ2v) is 12.3. The molecule has 0 aliphatic carbocycles. The third kappa shape index (κ3) is 5.93. The van der Waals surface area contributed by atoms with Crippen molar-refractivity contribution < 1.29 is 23.5 Å². The Kier molecular flexibility index (Phi) is 8.74. The van der Waals surface area contributed by atoms with Crippen molar-refractivity contribution in [2.75, 3.05) is 19.0 Å². The van der Waals surface area contributed by atoms with E-state index in [1.807, 2.05) is 42.6 Å². The summed E-state index contributed by atoms with van der Waals surface area (Å²) in [6.07, 6.45) is 3.60. The van der Waals surface area contributed by atoms with Crippen LogP contribution in [0, 0.1) is 5.82 Å². The largest absolute Gasteiger partial charge is 0.496 e. The minimum absolute atomic E-state index is 0.00141. The summed E-state index contributed by atoms with van der Waals surface area (Å²) in [6.45, 7) is 3.64. The van der Waals surface area contributed by atoms with Crippen molar-refractivity contribution in [3.8, 4) is 5.75 Å². The van der Waals surface area contributed by atoms with Crippen molar-refractivity contribution in [2.24, 2.45) is 4.99 Å². The molecule has 0 unspecified atom stereocenters. The molecule has 0 saturated heterocycles. The van der Waals surface area contributed by atoms with Crippen LogP contribution in [-0.4, -0.2) is 34.7 Å². The van der Waals surface area contributed by atoms with E-state index in [0.29, 0.717) is 36.5 Å². The van der Waals surface area contributed by atoms with Gasteiger partial charge in [0.2, 0.25) is 5.91 Å². The molecule has 9 nitrogen and oxygen atoms in total. The van der Waals surface area contributed by atoms with Crippen molar-refractivity contribution in [1.82, 2.24) is 9.13 Å². The molecule has 3 heterocycles. The summed E-state index contributed by atoms with van der Waals surface area (Å²) < 4.78 is 28.5. The topological polar surface area (TPSA) is 104 Å². The number of amides is 1. The molecule has 0 radical (unpaired) electrons. The predicted octanol–water partition coefficient (Wildman–Crippen LogP) is 5.30. The summed E-state index contributed by atoms with van der Waals surface area (Å²) in [4.78, 5) is 45.4. The van der Waals surface area contributed by atoms with Gasteiger partial charge in [0.25, 0.3) is 5.56 Å². The van der Waals surface area contributed by atoms with Gasteiger partial charge in [0.05, 0.1) is 40.0 Å². The molecule has 0 spiro atoms. The third-order valence-electron chi connectivity index (χ3n) is 7.56. The molecule has 234 valence electrons. The highest BCUT2D eigenvalue weighted by Crippen LogP contribution is 2.35. The number of hydrogen-bond donors (Lipinski definition) is 1. The molecule has 0 bridgehead atoms. The number of carbonyl (C=O) groups is 2. The molecule has 2 aromatic heterocycles. The van der Waals surface area contributed by atoms with E-state index in [9.17, 15) is 18.8 Å². The number of nitrogens with zero attached hydrogens (tertiary/aromatic N) is 3. The van der Waals surface area contributed by atoms with Crippen LogP contribution < -0.4 is 24.9 Å². The van der Waals surface area contributed by atoms with Crippen LogP contribution in [-0.2, 0) is 20.9 Å². The second-order valence-electron chi connectivity index (χ2n) is 10.5. The molecule has 0 saturated carbocycles. The average Bonchev–Trinajstić information content (AvgIpc) is 3.53. The van der Waals surface area contributed by atoms with E-state index in [1.54, 1.807) is 37.7 Å². The SMILES string of the molecule is CCOC(=O)C1=C(C)N=c2s/c(=C/c3cn(CC(=O)Nc4ccc(F)cc4)c4ccccc34)c(=O)n2[C@H]1c1ccc(OC)c(Br)c1. The molecule has 12 heteroatoms. The first-order valence-corrected chi connectivity index (χ1v) is 16.0. The number of thiazole rings is 1. The van der Waals surface area contributed by atoms with Crippen molar-refractivity contribution >= 4 is 61.8 Å². The van der Waals surface area contributed by atoms with E-state index in [0.717, 1.165) is 16.5 Å². The fourth-order valence-electron chi connectivity index (χ4n) is 5.51. The monoisotopic (exact) mass is 702 g/mol. The lowest BCUT2D eigenvalue weighted by Gasteiger charge is -2.25. The number of ether oxygens (including phenoxy) is 2. The number of esters is 1. The molecular weight excluding hydrogens is 675 g/mol. The van der Waals surface area contributed by atoms with Gasteiger partial charge >= 0.3 is 5.97 Å². The van der Waals surface area contributed by atoms with E-state index in [-0.39, 0.29) is 36.0 Å². The van der Waals surface area contributed by atoms with Crippen LogP contribution in [0.1, 0.15) is 31.0 Å². The maximum Gasteiger partial charge on any atom is 0.338 e. The Labute approximate surface area is 275 Å². The van der Waals surface area contributed by atoms with Gasteiger partial charge in [0.1, 0.15) is 18.1 Å². The third-order valence-corrected chi connectivity index (χ3v) is 9.16. The summed E-state index contributed by atoms with van der Waals surface area (Å²) in [5.41, 5.74) is 3.13. The zero-order valence-electron chi connectivity index (χ0n) is 25.0. The number of aromatic nitrogens is 2. The summed E-state index contributed by atoms with van der Waals surface area (Å²) in [6, 6.07) is 17.8. The molecule has 1 amide bonds. The van der Waals surface area contributed by atoms with E-state index in [2.05, 4.69) is 26.2 Å². The first kappa shape index (κ1) is 31.2. The molecule has 6 rings (SSSR count). The number of fused-ring (bicyclic) bond motifs is 2. The van der Waals surface area contributed by atoms with Gasteiger partial charge in [0, 0.05) is 28.4 Å². The van der Waals surface area contributed by atoms with Gasteiger partial charge in [-0.1, -0.05) is 35.6 Å². The molecule has 1 N–H and O–H groups in total. The number of anilines is 1. The predicted molar refractivity (Wildman–Crippen MR) is 178 cm³/mol. The summed E-state index contributed by atoms with van der Waals surface area (Å²) in [7, 11) is 1.56. The van der Waals surface area contributed by atoms with Crippen LogP contribution in [0.3, 0.4) is 0 Å². The fraction of sp³-hybridized carbons (Fsp3) is 0.176. The Bertz CT molecular complexity index is 2220. The lowest BCUT2D eigenvalue weighted by Crippen LogP contribution is -2.39. The van der Waals surface area contributed by atoms with Gasteiger partial charge in [-0.3, -0.25) is 14.2 Å². The van der Waals surface area contributed by atoms with Gasteiger partial charge in [0.15, 0.2) is 4.80 Å². The number of methoxy groups -OCH3 is 1. The highest BCUT2D eigenvalue weighted by Gasteiger charge is 2.33. The zero-order valence-corrected chi connectivity index (χ0v) is 27.4. The minimum Gasteiger partial charge on any atom is -0.496 e. The Hall–Kier alpha value is -4.81. The Morgan fingerprint density at radius 2 is 1.89 bits per heavy atom. The lowest BCUT2D eigenvalue weighted by atomic mass is 9.96. The molecule has 1 aliphatic rings. The van der Waals surface area contributed by atoms with Crippen molar-refractivity contribution in [1.29, 1.82) is 0 Å². The van der Waals surface area contributed by atoms with Crippen molar-refractivity contribution in [2.45, 2.75) is 26.4 Å². The number of para-hydroxylation sites is 1. The van der Waals surface area contributed by atoms with Gasteiger partial charge in [-0.2, -0.15) is 0 Å². The van der Waals surface area contributed by atoms with Gasteiger partial charge in [-0.15, -0.1) is 0 Å². The average molecular weight is 704 g/mol. The van der Waals surface area contributed by atoms with E-state index >= 15 is 0 Å². The number of hydrogen-bond acceptors (Lipinski definition) is 7. The van der Waals surface area contributed by atoms with E-state index in [4.69, 9.17) is 9.47 Å². The zero-order chi connectivity index (χ0) is 32.5. The number of nitrogens with one attached hydrogen (secondary N) is 1. The number of carbonyl (C=O) groups excluding carboxylic acids is 2. The van der Waals surface area contributed by atoms with Crippen LogP contribution in [0.4, 0.5) is 10.1 Å². The number of allylic oxidation sites excluding steroid dienone is 1. The first-order chi connectivity index (χ1) is 22.2. The van der Waals surface area contributed by atoms with Crippen molar-refractivity contribution in [3.63, 3.8) is 0 Å². The fourth-order valence-corrected chi connectivity index (χ4v) is 7.11. The quantitative estimate of drug-likeness (QED) is 0.221. The normalized spacial score (nSPS) is 14.6. The summed E-state index contributed by atoms with van der Waals surface area (Å²) in [5.74, 6) is -0.611. The lowest BCUT2D eigenvalue weighted by molar-refractivity contribution is -0.139. The highest BCUT2D eigenvalue weighted by atomic mass is 79.9. The van der Waals surface area contributed by atoms with E-state index in [1.165, 1.54) is 40.2 Å². The van der Waals surface area contributed by atoms with Crippen LogP contribution in [0.2, 0.25) is 0 Å². The summed E-state index contributed by atoms with van der Waals surface area (Å²) >= 11 is 4.75. The maximum absolute atomic E-state index is 14.2. The molecule has 0 fully saturated rings. The molecule has 5 aromatic rings. The van der Waals surface area contributed by atoms with Crippen LogP contribution in [0.25, 0.3) is 17.0 Å². The summed E-state index contributed by atoms with van der Waals surface area (Å²) in [5, 5.41) is 3.64. The number of rotatable bonds is 8. The molecule has 46 heavy (non-hydrogen) atoms. The Balaban J connectivity index is 1.44. The Morgan fingerprint density at radius 3 is 2.61 bits per heavy atom. The first-order valence-electron chi connectivity index (χ1n) is 14.3. The molecule has 1 aliphatic heterocycles.